The van der Waals surface area contributed by atoms with Gasteiger partial charge in [-0.05, 0) is 41.3 Å². The highest BCUT2D eigenvalue weighted by Crippen LogP contribution is 2.22. The van der Waals surface area contributed by atoms with Gasteiger partial charge in [-0.2, -0.15) is 11.8 Å². The molecule has 100 valence electrons. The normalized spacial score (nSPS) is 10.7. The van der Waals surface area contributed by atoms with Crippen molar-refractivity contribution in [3.63, 3.8) is 0 Å². The molecule has 0 heterocycles. The van der Waals surface area contributed by atoms with Crippen molar-refractivity contribution in [2.45, 2.75) is 25.0 Å². The molecule has 0 unspecified atom stereocenters. The Morgan fingerprint density at radius 2 is 1.74 bits per heavy atom. The number of hydrogen-bond donors (Lipinski definition) is 1. The second kappa shape index (κ2) is 6.73. The van der Waals surface area contributed by atoms with Gasteiger partial charge in [-0.3, -0.25) is 0 Å². The fraction of sp³-hybridized carbons (Fsp3) is 0.250. The van der Waals surface area contributed by atoms with Gasteiger partial charge in [0, 0.05) is 18.1 Å². The van der Waals surface area contributed by atoms with E-state index in [4.69, 9.17) is 5.73 Å². The van der Waals surface area contributed by atoms with Crippen LogP contribution in [0.1, 0.15) is 22.3 Å². The fourth-order valence-corrected chi connectivity index (χ4v) is 3.12. The highest BCUT2D eigenvalue weighted by molar-refractivity contribution is 7.97. The van der Waals surface area contributed by atoms with Gasteiger partial charge >= 0.3 is 0 Å². The summed E-state index contributed by atoms with van der Waals surface area (Å²) in [6.07, 6.45) is 0. The highest BCUT2D eigenvalue weighted by atomic mass is 32.2. The highest BCUT2D eigenvalue weighted by Gasteiger charge is 2.04. The SMILES string of the molecule is Cc1ccccc1CSCc1ccc(F)cc1CN. The van der Waals surface area contributed by atoms with Gasteiger partial charge in [-0.15, -0.1) is 0 Å². The minimum absolute atomic E-state index is 0.215. The van der Waals surface area contributed by atoms with E-state index in [0.717, 1.165) is 22.6 Å². The van der Waals surface area contributed by atoms with Crippen molar-refractivity contribution >= 4 is 11.8 Å². The largest absolute Gasteiger partial charge is 0.326 e. The quantitative estimate of drug-likeness (QED) is 0.891. The Balaban J connectivity index is 1.98. The molecule has 0 amide bonds. The maximum atomic E-state index is 13.1. The van der Waals surface area contributed by atoms with Crippen LogP contribution in [-0.4, -0.2) is 0 Å². The summed E-state index contributed by atoms with van der Waals surface area (Å²) in [5.74, 6) is 1.61. The third-order valence-electron chi connectivity index (χ3n) is 3.16. The van der Waals surface area contributed by atoms with E-state index in [1.54, 1.807) is 0 Å². The molecule has 0 saturated carbocycles. The molecular formula is C16H18FNS. The third kappa shape index (κ3) is 3.82. The molecule has 0 aromatic heterocycles. The average molecular weight is 275 g/mol. The molecule has 0 aliphatic heterocycles. The van der Waals surface area contributed by atoms with Gasteiger partial charge in [0.25, 0.3) is 0 Å². The molecule has 2 rings (SSSR count). The Morgan fingerprint density at radius 3 is 2.47 bits per heavy atom. The van der Waals surface area contributed by atoms with Crippen LogP contribution in [0.2, 0.25) is 0 Å². The zero-order valence-electron chi connectivity index (χ0n) is 11.0. The Hall–Kier alpha value is -1.32. The van der Waals surface area contributed by atoms with E-state index in [1.807, 2.05) is 17.8 Å². The molecule has 1 nitrogen and oxygen atoms in total. The van der Waals surface area contributed by atoms with Gasteiger partial charge in [-0.25, -0.2) is 4.39 Å². The number of aryl methyl sites for hydroxylation is 1. The predicted molar refractivity (Wildman–Crippen MR) is 80.5 cm³/mol. The van der Waals surface area contributed by atoms with Crippen LogP contribution in [0.15, 0.2) is 42.5 Å². The van der Waals surface area contributed by atoms with Gasteiger partial charge in [0.05, 0.1) is 0 Å². The maximum absolute atomic E-state index is 13.1. The Kier molecular flexibility index (Phi) is 5.00. The van der Waals surface area contributed by atoms with Gasteiger partial charge in [0.2, 0.25) is 0 Å². The molecule has 0 bridgehead atoms. The Labute approximate surface area is 118 Å². The summed E-state index contributed by atoms with van der Waals surface area (Å²) in [7, 11) is 0. The molecule has 3 heteroatoms. The minimum atomic E-state index is -0.215. The van der Waals surface area contributed by atoms with E-state index < -0.39 is 0 Å². The number of halogens is 1. The molecule has 0 saturated heterocycles. The van der Waals surface area contributed by atoms with Crippen LogP contribution in [0, 0.1) is 12.7 Å². The first-order valence-electron chi connectivity index (χ1n) is 6.30. The lowest BCUT2D eigenvalue weighted by atomic mass is 10.1. The molecule has 0 aliphatic rings. The second-order valence-electron chi connectivity index (χ2n) is 4.54. The van der Waals surface area contributed by atoms with E-state index in [0.29, 0.717) is 6.54 Å². The van der Waals surface area contributed by atoms with Crippen molar-refractivity contribution < 1.29 is 4.39 Å². The minimum Gasteiger partial charge on any atom is -0.326 e. The van der Waals surface area contributed by atoms with Crippen molar-refractivity contribution in [1.82, 2.24) is 0 Å². The zero-order chi connectivity index (χ0) is 13.7. The van der Waals surface area contributed by atoms with Crippen molar-refractivity contribution in [3.05, 3.63) is 70.5 Å². The predicted octanol–water partition coefficient (Wildman–Crippen LogP) is 4.03. The second-order valence-corrected chi connectivity index (χ2v) is 5.52. The average Bonchev–Trinajstić information content (AvgIpc) is 2.42. The van der Waals surface area contributed by atoms with Crippen LogP contribution in [0.5, 0.6) is 0 Å². The summed E-state index contributed by atoms with van der Waals surface area (Å²) in [5.41, 5.74) is 10.3. The van der Waals surface area contributed by atoms with E-state index in [2.05, 4.69) is 31.2 Å². The Bertz CT molecular complexity index is 554. The summed E-state index contributed by atoms with van der Waals surface area (Å²) < 4.78 is 13.1. The van der Waals surface area contributed by atoms with Crippen LogP contribution in [0.4, 0.5) is 4.39 Å². The lowest BCUT2D eigenvalue weighted by Gasteiger charge is -2.09. The van der Waals surface area contributed by atoms with Crippen molar-refractivity contribution in [2.24, 2.45) is 5.73 Å². The zero-order valence-corrected chi connectivity index (χ0v) is 11.8. The topological polar surface area (TPSA) is 26.0 Å². The van der Waals surface area contributed by atoms with E-state index in [1.165, 1.54) is 23.3 Å². The molecule has 0 spiro atoms. The standard InChI is InChI=1S/C16H18FNS/c1-12-4-2-3-5-13(12)10-19-11-14-6-7-16(17)8-15(14)9-18/h2-8H,9-11,18H2,1H3. The molecule has 0 atom stereocenters. The molecule has 0 radical (unpaired) electrons. The molecule has 0 fully saturated rings. The van der Waals surface area contributed by atoms with Crippen LogP contribution in [0.25, 0.3) is 0 Å². The first-order chi connectivity index (χ1) is 9.20. The summed E-state index contributed by atoms with van der Waals surface area (Å²) in [5, 5.41) is 0. The number of rotatable bonds is 5. The molecule has 0 aliphatic carbocycles. The van der Waals surface area contributed by atoms with Crippen molar-refractivity contribution in [2.75, 3.05) is 0 Å². The first-order valence-corrected chi connectivity index (χ1v) is 7.46. The molecule has 2 aromatic rings. The number of benzene rings is 2. The van der Waals surface area contributed by atoms with Gasteiger partial charge in [0.1, 0.15) is 5.82 Å². The Morgan fingerprint density at radius 1 is 1.00 bits per heavy atom. The van der Waals surface area contributed by atoms with Gasteiger partial charge in [0.15, 0.2) is 0 Å². The van der Waals surface area contributed by atoms with Crippen LogP contribution < -0.4 is 5.73 Å². The summed E-state index contributed by atoms with van der Waals surface area (Å²) in [4.78, 5) is 0. The molecule has 2 aromatic carbocycles. The number of nitrogens with two attached hydrogens (primary N) is 1. The molecule has 19 heavy (non-hydrogen) atoms. The van der Waals surface area contributed by atoms with Crippen molar-refractivity contribution in [1.29, 1.82) is 0 Å². The maximum Gasteiger partial charge on any atom is 0.123 e. The number of hydrogen-bond acceptors (Lipinski definition) is 2. The van der Waals surface area contributed by atoms with Crippen molar-refractivity contribution in [3.8, 4) is 0 Å². The third-order valence-corrected chi connectivity index (χ3v) is 4.19. The summed E-state index contributed by atoms with van der Waals surface area (Å²) >= 11 is 1.83. The van der Waals surface area contributed by atoms with Gasteiger partial charge in [-0.1, -0.05) is 30.3 Å². The monoisotopic (exact) mass is 275 g/mol. The summed E-state index contributed by atoms with van der Waals surface area (Å²) in [6.45, 7) is 2.51. The van der Waals surface area contributed by atoms with Crippen LogP contribution >= 0.6 is 11.8 Å². The number of thioether (sulfide) groups is 1. The fourth-order valence-electron chi connectivity index (χ4n) is 1.97. The van der Waals surface area contributed by atoms with Crippen LogP contribution in [0.3, 0.4) is 0 Å². The van der Waals surface area contributed by atoms with Crippen LogP contribution in [-0.2, 0) is 18.1 Å². The lowest BCUT2D eigenvalue weighted by Crippen LogP contribution is -2.01. The van der Waals surface area contributed by atoms with E-state index in [9.17, 15) is 4.39 Å². The van der Waals surface area contributed by atoms with Gasteiger partial charge < -0.3 is 5.73 Å². The summed E-state index contributed by atoms with van der Waals surface area (Å²) in [6, 6.07) is 13.3. The molecule has 2 N–H and O–H groups in total. The van der Waals surface area contributed by atoms with E-state index >= 15 is 0 Å². The first kappa shape index (κ1) is 14.1. The molecular weight excluding hydrogens is 257 g/mol. The smallest absolute Gasteiger partial charge is 0.123 e. The van der Waals surface area contributed by atoms with E-state index in [-0.39, 0.29) is 5.82 Å². The lowest BCUT2D eigenvalue weighted by molar-refractivity contribution is 0.624.